The predicted octanol–water partition coefficient (Wildman–Crippen LogP) is 0.155. The SMILES string of the molecule is CCOc1nc(NN)nc(N2CCCC(CCO)C2)n1. The van der Waals surface area contributed by atoms with E-state index in [9.17, 15) is 0 Å². The molecule has 1 aliphatic heterocycles. The Balaban J connectivity index is 2.15. The first kappa shape index (κ1) is 14.7. The van der Waals surface area contributed by atoms with Crippen LogP contribution in [-0.2, 0) is 0 Å². The number of nitrogens with one attached hydrogen (secondary N) is 1. The van der Waals surface area contributed by atoms with Crippen molar-refractivity contribution in [2.24, 2.45) is 11.8 Å². The van der Waals surface area contributed by atoms with Gasteiger partial charge in [-0.05, 0) is 32.1 Å². The molecule has 20 heavy (non-hydrogen) atoms. The summed E-state index contributed by atoms with van der Waals surface area (Å²) >= 11 is 0. The van der Waals surface area contributed by atoms with E-state index < -0.39 is 0 Å². The molecule has 4 N–H and O–H groups in total. The maximum atomic E-state index is 9.07. The van der Waals surface area contributed by atoms with Gasteiger partial charge in [-0.3, -0.25) is 5.43 Å². The summed E-state index contributed by atoms with van der Waals surface area (Å²) in [6.45, 7) is 4.30. The highest BCUT2D eigenvalue weighted by atomic mass is 16.5. The molecule has 0 amide bonds. The maximum absolute atomic E-state index is 9.07. The number of hydrogen-bond donors (Lipinski definition) is 3. The van der Waals surface area contributed by atoms with Crippen LogP contribution in [0.2, 0.25) is 0 Å². The summed E-state index contributed by atoms with van der Waals surface area (Å²) in [5.41, 5.74) is 2.43. The summed E-state index contributed by atoms with van der Waals surface area (Å²) in [7, 11) is 0. The van der Waals surface area contributed by atoms with E-state index >= 15 is 0 Å². The Morgan fingerprint density at radius 1 is 1.45 bits per heavy atom. The Morgan fingerprint density at radius 2 is 2.30 bits per heavy atom. The Morgan fingerprint density at radius 3 is 3.00 bits per heavy atom. The molecule has 112 valence electrons. The molecule has 1 aromatic rings. The van der Waals surface area contributed by atoms with Crippen molar-refractivity contribution in [3.8, 4) is 6.01 Å². The molecule has 1 unspecified atom stereocenters. The van der Waals surface area contributed by atoms with Gasteiger partial charge < -0.3 is 14.7 Å². The zero-order chi connectivity index (χ0) is 14.4. The fourth-order valence-corrected chi connectivity index (χ4v) is 2.41. The van der Waals surface area contributed by atoms with Crippen molar-refractivity contribution in [1.29, 1.82) is 0 Å². The van der Waals surface area contributed by atoms with Gasteiger partial charge >= 0.3 is 6.01 Å². The molecule has 0 bridgehead atoms. The molecule has 2 heterocycles. The number of aliphatic hydroxyl groups excluding tert-OH is 1. The topological polar surface area (TPSA) is 109 Å². The largest absolute Gasteiger partial charge is 0.464 e. The number of aliphatic hydroxyl groups is 1. The highest BCUT2D eigenvalue weighted by Gasteiger charge is 2.22. The third kappa shape index (κ3) is 3.67. The normalized spacial score (nSPS) is 18.9. The van der Waals surface area contributed by atoms with E-state index in [0.717, 1.165) is 32.4 Å². The molecule has 0 radical (unpaired) electrons. The zero-order valence-electron chi connectivity index (χ0n) is 11.7. The van der Waals surface area contributed by atoms with Gasteiger partial charge in [0.15, 0.2) is 0 Å². The molecule has 8 heteroatoms. The van der Waals surface area contributed by atoms with Crippen molar-refractivity contribution >= 4 is 11.9 Å². The number of nitrogens with zero attached hydrogens (tertiary/aromatic N) is 4. The predicted molar refractivity (Wildman–Crippen MR) is 75.4 cm³/mol. The average molecular weight is 282 g/mol. The number of nitrogens with two attached hydrogens (primary N) is 1. The molecule has 1 aliphatic rings. The number of nitrogen functional groups attached to an aromatic ring is 1. The number of ether oxygens (including phenoxy) is 1. The van der Waals surface area contributed by atoms with E-state index in [1.165, 1.54) is 0 Å². The minimum absolute atomic E-state index is 0.218. The molecule has 0 saturated carbocycles. The van der Waals surface area contributed by atoms with Crippen LogP contribution in [0, 0.1) is 5.92 Å². The maximum Gasteiger partial charge on any atom is 0.323 e. The Bertz CT molecular complexity index is 428. The van der Waals surface area contributed by atoms with Gasteiger partial charge in [0.1, 0.15) is 0 Å². The first-order chi connectivity index (χ1) is 9.76. The smallest absolute Gasteiger partial charge is 0.323 e. The quantitative estimate of drug-likeness (QED) is 0.500. The van der Waals surface area contributed by atoms with Gasteiger partial charge in [0, 0.05) is 19.7 Å². The molecule has 1 saturated heterocycles. The number of piperidine rings is 1. The van der Waals surface area contributed by atoms with Crippen LogP contribution < -0.4 is 20.9 Å². The summed E-state index contributed by atoms with van der Waals surface area (Å²) < 4.78 is 5.33. The molecule has 8 nitrogen and oxygen atoms in total. The van der Waals surface area contributed by atoms with E-state index in [2.05, 4.69) is 25.3 Å². The lowest BCUT2D eigenvalue weighted by atomic mass is 9.95. The zero-order valence-corrected chi connectivity index (χ0v) is 11.7. The summed E-state index contributed by atoms with van der Waals surface area (Å²) in [6, 6.07) is 0.273. The van der Waals surface area contributed by atoms with Crippen molar-refractivity contribution in [2.75, 3.05) is 36.6 Å². The number of aromatic nitrogens is 3. The van der Waals surface area contributed by atoms with Gasteiger partial charge in [-0.2, -0.15) is 15.0 Å². The van der Waals surface area contributed by atoms with E-state index in [-0.39, 0.29) is 12.6 Å². The lowest BCUT2D eigenvalue weighted by Gasteiger charge is -2.32. The van der Waals surface area contributed by atoms with Gasteiger partial charge in [-0.1, -0.05) is 0 Å². The van der Waals surface area contributed by atoms with Crippen LogP contribution >= 0.6 is 0 Å². The van der Waals surface area contributed by atoms with E-state index in [1.54, 1.807) is 0 Å². The van der Waals surface area contributed by atoms with Crippen LogP contribution in [0.15, 0.2) is 0 Å². The fourth-order valence-electron chi connectivity index (χ4n) is 2.41. The third-order valence-electron chi connectivity index (χ3n) is 3.34. The number of rotatable bonds is 6. The van der Waals surface area contributed by atoms with Gasteiger partial charge in [0.05, 0.1) is 6.61 Å². The van der Waals surface area contributed by atoms with Crippen LogP contribution in [0.3, 0.4) is 0 Å². The average Bonchev–Trinajstić information content (AvgIpc) is 2.48. The molecule has 1 atom stereocenters. The second-order valence-corrected chi connectivity index (χ2v) is 4.79. The molecule has 1 fully saturated rings. The van der Waals surface area contributed by atoms with Gasteiger partial charge in [0.25, 0.3) is 0 Å². The van der Waals surface area contributed by atoms with E-state index in [0.29, 0.717) is 24.4 Å². The molecule has 0 aliphatic carbocycles. The first-order valence-corrected chi connectivity index (χ1v) is 6.98. The van der Waals surface area contributed by atoms with Crippen LogP contribution in [0.25, 0.3) is 0 Å². The Hall–Kier alpha value is -1.67. The van der Waals surface area contributed by atoms with Crippen molar-refractivity contribution in [2.45, 2.75) is 26.2 Å². The van der Waals surface area contributed by atoms with E-state index in [4.69, 9.17) is 15.7 Å². The molecular formula is C12H22N6O2. The minimum atomic E-state index is 0.218. The molecule has 2 rings (SSSR count). The molecular weight excluding hydrogens is 260 g/mol. The van der Waals surface area contributed by atoms with E-state index in [1.807, 2.05) is 6.92 Å². The number of hydrogen-bond acceptors (Lipinski definition) is 8. The standard InChI is InChI=1S/C12H22N6O2/c1-2-20-12-15-10(17-13)14-11(16-12)18-6-3-4-9(8-18)5-7-19/h9,19H,2-8,13H2,1H3,(H,14,15,16,17). The summed E-state index contributed by atoms with van der Waals surface area (Å²) in [6.07, 6.45) is 3.00. The monoisotopic (exact) mass is 282 g/mol. The van der Waals surface area contributed by atoms with Crippen LogP contribution in [0.4, 0.5) is 11.9 Å². The second kappa shape index (κ2) is 7.20. The highest BCUT2D eigenvalue weighted by Crippen LogP contribution is 2.24. The second-order valence-electron chi connectivity index (χ2n) is 4.79. The lowest BCUT2D eigenvalue weighted by molar-refractivity contribution is 0.243. The Labute approximate surface area is 118 Å². The van der Waals surface area contributed by atoms with Crippen molar-refractivity contribution in [1.82, 2.24) is 15.0 Å². The van der Waals surface area contributed by atoms with Crippen molar-refractivity contribution < 1.29 is 9.84 Å². The summed E-state index contributed by atoms with van der Waals surface area (Å²) in [5.74, 6) is 6.71. The van der Waals surface area contributed by atoms with Crippen LogP contribution in [0.1, 0.15) is 26.2 Å². The molecule has 0 aromatic carbocycles. The third-order valence-corrected chi connectivity index (χ3v) is 3.34. The van der Waals surface area contributed by atoms with Crippen molar-refractivity contribution in [3.05, 3.63) is 0 Å². The summed E-state index contributed by atoms with van der Waals surface area (Å²) in [4.78, 5) is 14.7. The Kier molecular flexibility index (Phi) is 5.31. The number of anilines is 2. The molecule has 0 spiro atoms. The van der Waals surface area contributed by atoms with Crippen molar-refractivity contribution in [3.63, 3.8) is 0 Å². The van der Waals surface area contributed by atoms with Gasteiger partial charge in [-0.15, -0.1) is 0 Å². The van der Waals surface area contributed by atoms with Gasteiger partial charge in [-0.25, -0.2) is 5.84 Å². The minimum Gasteiger partial charge on any atom is -0.464 e. The first-order valence-electron chi connectivity index (χ1n) is 6.98. The molecule has 1 aromatic heterocycles. The summed E-state index contributed by atoms with van der Waals surface area (Å²) in [5, 5.41) is 9.07. The highest BCUT2D eigenvalue weighted by molar-refractivity contribution is 5.38. The number of hydrazine groups is 1. The van der Waals surface area contributed by atoms with Crippen LogP contribution in [0.5, 0.6) is 6.01 Å². The lowest BCUT2D eigenvalue weighted by Crippen LogP contribution is -2.37. The van der Waals surface area contributed by atoms with Gasteiger partial charge in [0.2, 0.25) is 11.9 Å². The fraction of sp³-hybridized carbons (Fsp3) is 0.750. The van der Waals surface area contributed by atoms with Crippen LogP contribution in [-0.4, -0.2) is 46.4 Å².